The van der Waals surface area contributed by atoms with E-state index in [1.54, 1.807) is 0 Å². The Hall–Kier alpha value is -1.35. The monoisotopic (exact) mass is 274 g/mol. The van der Waals surface area contributed by atoms with Crippen LogP contribution in [0.5, 0.6) is 0 Å². The minimum Gasteiger partial charge on any atom is -0.339 e. The van der Waals surface area contributed by atoms with E-state index < -0.39 is 0 Å². The van der Waals surface area contributed by atoms with E-state index in [2.05, 4.69) is 48.3 Å². The van der Waals surface area contributed by atoms with Gasteiger partial charge >= 0.3 is 0 Å². The zero-order chi connectivity index (χ0) is 14.4. The lowest BCUT2D eigenvalue weighted by Gasteiger charge is -2.26. The van der Waals surface area contributed by atoms with Crippen LogP contribution in [-0.2, 0) is 11.2 Å². The van der Waals surface area contributed by atoms with Crippen LogP contribution >= 0.6 is 0 Å². The Kier molecular flexibility index (Phi) is 5.60. The van der Waals surface area contributed by atoms with Gasteiger partial charge in [0.1, 0.15) is 0 Å². The number of hydrogen-bond donors (Lipinski definition) is 1. The molecule has 2 unspecified atom stereocenters. The molecule has 0 saturated carbocycles. The summed E-state index contributed by atoms with van der Waals surface area (Å²) < 4.78 is 0. The Bertz CT molecular complexity index is 418. The number of carbonyl (C=O) groups is 1. The summed E-state index contributed by atoms with van der Waals surface area (Å²) >= 11 is 0. The number of nitrogens with one attached hydrogen (secondary N) is 1. The van der Waals surface area contributed by atoms with Gasteiger partial charge in [0, 0.05) is 25.0 Å². The first kappa shape index (κ1) is 15.0. The molecule has 0 radical (unpaired) electrons. The fourth-order valence-electron chi connectivity index (χ4n) is 3.06. The molecule has 1 saturated heterocycles. The molecule has 2 atom stereocenters. The highest BCUT2D eigenvalue weighted by atomic mass is 16.2. The molecule has 0 bridgehead atoms. The molecule has 1 fully saturated rings. The molecule has 1 aromatic carbocycles. The van der Waals surface area contributed by atoms with E-state index in [4.69, 9.17) is 0 Å². The molecule has 1 aromatic rings. The van der Waals surface area contributed by atoms with Gasteiger partial charge in [-0.05, 0) is 38.3 Å². The fourth-order valence-corrected chi connectivity index (χ4v) is 3.06. The summed E-state index contributed by atoms with van der Waals surface area (Å²) in [5, 5.41) is 3.32. The van der Waals surface area contributed by atoms with Crippen molar-refractivity contribution in [1.82, 2.24) is 10.2 Å². The van der Waals surface area contributed by atoms with Gasteiger partial charge < -0.3 is 10.2 Å². The van der Waals surface area contributed by atoms with Gasteiger partial charge in [0.25, 0.3) is 0 Å². The molecule has 0 aromatic heterocycles. The Morgan fingerprint density at radius 3 is 2.85 bits per heavy atom. The van der Waals surface area contributed by atoms with Crippen molar-refractivity contribution in [3.8, 4) is 0 Å². The molecule has 1 aliphatic heterocycles. The van der Waals surface area contributed by atoms with Crippen molar-refractivity contribution in [3.63, 3.8) is 0 Å². The third kappa shape index (κ3) is 4.07. The maximum Gasteiger partial charge on any atom is 0.224 e. The van der Waals surface area contributed by atoms with Gasteiger partial charge in [0.05, 0.1) is 0 Å². The molecule has 1 aliphatic rings. The molecule has 1 amide bonds. The Balaban J connectivity index is 1.91. The highest BCUT2D eigenvalue weighted by Gasteiger charge is 2.29. The van der Waals surface area contributed by atoms with E-state index in [0.29, 0.717) is 18.4 Å². The topological polar surface area (TPSA) is 32.3 Å². The maximum absolute atomic E-state index is 12.4. The zero-order valence-corrected chi connectivity index (χ0v) is 12.6. The van der Waals surface area contributed by atoms with E-state index >= 15 is 0 Å². The third-order valence-corrected chi connectivity index (χ3v) is 4.05. The molecule has 0 spiro atoms. The molecular formula is C17H26N2O. The van der Waals surface area contributed by atoms with Gasteiger partial charge in [0.15, 0.2) is 0 Å². The van der Waals surface area contributed by atoms with Crippen LogP contribution in [0.4, 0.5) is 0 Å². The van der Waals surface area contributed by atoms with Crippen LogP contribution in [-0.4, -0.2) is 36.0 Å². The van der Waals surface area contributed by atoms with Gasteiger partial charge in [-0.25, -0.2) is 0 Å². The van der Waals surface area contributed by atoms with Crippen LogP contribution in [0.25, 0.3) is 0 Å². The van der Waals surface area contributed by atoms with E-state index in [1.165, 1.54) is 5.56 Å². The molecule has 3 heteroatoms. The Morgan fingerprint density at radius 2 is 2.15 bits per heavy atom. The first-order valence-electron chi connectivity index (χ1n) is 7.77. The third-order valence-electron chi connectivity index (χ3n) is 4.05. The van der Waals surface area contributed by atoms with Crippen molar-refractivity contribution < 1.29 is 4.79 Å². The number of rotatable bonds is 6. The van der Waals surface area contributed by atoms with Crippen molar-refractivity contribution in [3.05, 3.63) is 35.9 Å². The molecule has 110 valence electrons. The van der Waals surface area contributed by atoms with E-state index in [-0.39, 0.29) is 6.04 Å². The van der Waals surface area contributed by atoms with Crippen molar-refractivity contribution >= 4 is 5.91 Å². The quantitative estimate of drug-likeness (QED) is 0.865. The number of amides is 1. The van der Waals surface area contributed by atoms with Crippen LogP contribution in [0.2, 0.25) is 0 Å². The van der Waals surface area contributed by atoms with Gasteiger partial charge in [-0.1, -0.05) is 37.3 Å². The van der Waals surface area contributed by atoms with Gasteiger partial charge in [-0.2, -0.15) is 0 Å². The van der Waals surface area contributed by atoms with Crippen LogP contribution in [0.1, 0.15) is 38.7 Å². The zero-order valence-electron chi connectivity index (χ0n) is 12.6. The molecule has 2 rings (SSSR count). The molecule has 1 N–H and O–H groups in total. The second-order valence-electron chi connectivity index (χ2n) is 5.74. The van der Waals surface area contributed by atoms with Crippen molar-refractivity contribution in [1.29, 1.82) is 0 Å². The average molecular weight is 274 g/mol. The van der Waals surface area contributed by atoms with Gasteiger partial charge in [-0.15, -0.1) is 0 Å². The number of likely N-dealkylation sites (tertiary alicyclic amines) is 1. The van der Waals surface area contributed by atoms with Crippen molar-refractivity contribution in [2.45, 2.75) is 51.6 Å². The summed E-state index contributed by atoms with van der Waals surface area (Å²) in [5.41, 5.74) is 1.33. The Morgan fingerprint density at radius 1 is 1.40 bits per heavy atom. The fraction of sp³-hybridized carbons (Fsp3) is 0.588. The number of hydrogen-bond acceptors (Lipinski definition) is 2. The second kappa shape index (κ2) is 7.44. The molecule has 1 heterocycles. The lowest BCUT2D eigenvalue weighted by molar-refractivity contribution is -0.132. The van der Waals surface area contributed by atoms with Crippen LogP contribution in [0.3, 0.4) is 0 Å². The molecule has 0 aliphatic carbocycles. The van der Waals surface area contributed by atoms with Crippen molar-refractivity contribution in [2.75, 3.05) is 13.1 Å². The summed E-state index contributed by atoms with van der Waals surface area (Å²) in [7, 11) is 0. The summed E-state index contributed by atoms with van der Waals surface area (Å²) in [5.74, 6) is 0.303. The maximum atomic E-state index is 12.4. The Labute approximate surface area is 122 Å². The van der Waals surface area contributed by atoms with Crippen molar-refractivity contribution in [2.24, 2.45) is 0 Å². The molecule has 3 nitrogen and oxygen atoms in total. The first-order valence-corrected chi connectivity index (χ1v) is 7.77. The van der Waals surface area contributed by atoms with E-state index in [9.17, 15) is 4.79 Å². The first-order chi connectivity index (χ1) is 9.70. The number of nitrogens with zero attached hydrogens (tertiary/aromatic N) is 1. The van der Waals surface area contributed by atoms with E-state index in [1.807, 2.05) is 6.07 Å². The largest absolute Gasteiger partial charge is 0.339 e. The average Bonchev–Trinajstić information content (AvgIpc) is 2.88. The van der Waals surface area contributed by atoms with Crippen LogP contribution < -0.4 is 5.32 Å². The second-order valence-corrected chi connectivity index (χ2v) is 5.74. The number of carbonyl (C=O) groups excluding carboxylic acids is 1. The normalized spacial score (nSPS) is 20.1. The highest BCUT2D eigenvalue weighted by molar-refractivity contribution is 5.77. The van der Waals surface area contributed by atoms with Gasteiger partial charge in [0.2, 0.25) is 5.91 Å². The lowest BCUT2D eigenvalue weighted by Crippen LogP contribution is -2.40. The smallest absolute Gasteiger partial charge is 0.224 e. The molecule has 20 heavy (non-hydrogen) atoms. The van der Waals surface area contributed by atoms with Crippen LogP contribution in [0.15, 0.2) is 30.3 Å². The minimum atomic E-state index is 0.269. The predicted molar refractivity (Wildman–Crippen MR) is 82.6 cm³/mol. The predicted octanol–water partition coefficient (Wildman–Crippen LogP) is 2.61. The summed E-state index contributed by atoms with van der Waals surface area (Å²) in [6.07, 6.45) is 3.87. The minimum absolute atomic E-state index is 0.269. The lowest BCUT2D eigenvalue weighted by atomic mass is 10.0. The standard InChI is InChI=1S/C17H26N2O/c1-3-18-14(2)12-17(20)19-11-7-10-16(19)13-15-8-5-4-6-9-15/h4-6,8-9,14,16,18H,3,7,10-13H2,1-2H3. The summed E-state index contributed by atoms with van der Waals surface area (Å²) in [6, 6.07) is 11.2. The number of benzene rings is 1. The van der Waals surface area contributed by atoms with Crippen LogP contribution in [0, 0.1) is 0 Å². The van der Waals surface area contributed by atoms with Gasteiger partial charge in [-0.3, -0.25) is 4.79 Å². The van der Waals surface area contributed by atoms with E-state index in [0.717, 1.165) is 32.4 Å². The molecular weight excluding hydrogens is 248 g/mol. The summed E-state index contributed by atoms with van der Waals surface area (Å²) in [4.78, 5) is 14.5. The SMILES string of the molecule is CCNC(C)CC(=O)N1CCCC1Cc1ccccc1. The highest BCUT2D eigenvalue weighted by Crippen LogP contribution is 2.22. The summed E-state index contributed by atoms with van der Waals surface area (Å²) in [6.45, 7) is 6.01.